The fraction of sp³-hybridized carbons (Fsp3) is 0.615. The Morgan fingerprint density at radius 2 is 1.78 bits per heavy atom. The van der Waals surface area contributed by atoms with Crippen molar-refractivity contribution in [1.82, 2.24) is 10.2 Å². The Labute approximate surface area is 106 Å². The van der Waals surface area contributed by atoms with Crippen molar-refractivity contribution >= 4 is 17.8 Å². The lowest BCUT2D eigenvalue weighted by molar-refractivity contribution is -0.152. The molecule has 0 atom stereocenters. The van der Waals surface area contributed by atoms with Crippen molar-refractivity contribution in [2.45, 2.75) is 38.5 Å². The van der Waals surface area contributed by atoms with E-state index in [1.54, 1.807) is 0 Å². The van der Waals surface area contributed by atoms with E-state index in [0.717, 1.165) is 30.6 Å². The summed E-state index contributed by atoms with van der Waals surface area (Å²) in [6.07, 6.45) is 9.87. The quantitative estimate of drug-likeness (QED) is 0.557. The number of barbiturate groups is 1. The molecule has 1 aliphatic heterocycles. The maximum Gasteiger partial charge on any atom is 0.331 e. The van der Waals surface area contributed by atoms with Crippen LogP contribution in [-0.4, -0.2) is 29.3 Å². The molecule has 0 bridgehead atoms. The summed E-state index contributed by atoms with van der Waals surface area (Å²) in [5.74, 6) is 1.41. The van der Waals surface area contributed by atoms with Crippen LogP contribution in [0.2, 0.25) is 0 Å². The average Bonchev–Trinajstić information content (AvgIpc) is 2.59. The van der Waals surface area contributed by atoms with Crippen LogP contribution in [0.1, 0.15) is 38.5 Å². The number of carbonyl (C=O) groups is 3. The van der Waals surface area contributed by atoms with Crippen molar-refractivity contribution in [2.24, 2.45) is 5.41 Å². The van der Waals surface area contributed by atoms with Crippen molar-refractivity contribution in [3.05, 3.63) is 0 Å². The van der Waals surface area contributed by atoms with E-state index >= 15 is 0 Å². The van der Waals surface area contributed by atoms with Crippen LogP contribution in [0.4, 0.5) is 4.79 Å². The number of imide groups is 2. The van der Waals surface area contributed by atoms with Crippen LogP contribution in [-0.2, 0) is 9.59 Å². The zero-order valence-electron chi connectivity index (χ0n) is 10.2. The Balaban J connectivity index is 2.33. The fourth-order valence-electron chi connectivity index (χ4n) is 2.74. The van der Waals surface area contributed by atoms with E-state index in [0.29, 0.717) is 12.8 Å². The van der Waals surface area contributed by atoms with Crippen LogP contribution in [0.5, 0.6) is 0 Å². The minimum Gasteiger partial charge on any atom is -0.277 e. The van der Waals surface area contributed by atoms with Crippen molar-refractivity contribution in [3.63, 3.8) is 0 Å². The van der Waals surface area contributed by atoms with E-state index in [1.165, 1.54) is 0 Å². The van der Waals surface area contributed by atoms with Gasteiger partial charge in [-0.25, -0.2) is 4.79 Å². The molecule has 2 aliphatic rings. The maximum absolute atomic E-state index is 12.4. The number of rotatable bonds is 1. The van der Waals surface area contributed by atoms with Crippen LogP contribution in [0.3, 0.4) is 0 Å². The molecule has 5 heteroatoms. The van der Waals surface area contributed by atoms with Crippen molar-refractivity contribution in [3.8, 4) is 12.3 Å². The second-order valence-electron chi connectivity index (χ2n) is 4.85. The van der Waals surface area contributed by atoms with Gasteiger partial charge in [0.05, 0.1) is 6.54 Å². The molecule has 1 N–H and O–H groups in total. The first kappa shape index (κ1) is 12.6. The lowest BCUT2D eigenvalue weighted by atomic mass is 9.77. The number of terminal acetylenes is 1. The average molecular weight is 248 g/mol. The first-order chi connectivity index (χ1) is 8.62. The molecule has 1 saturated carbocycles. The van der Waals surface area contributed by atoms with Gasteiger partial charge < -0.3 is 0 Å². The lowest BCUT2D eigenvalue weighted by Gasteiger charge is -2.38. The van der Waals surface area contributed by atoms with Gasteiger partial charge in [0.15, 0.2) is 0 Å². The number of carbonyl (C=O) groups excluding carboxylic acids is 3. The molecule has 2 fully saturated rings. The standard InChI is InChI=1S/C13H16N2O3/c1-2-9-15-11(17)13(10(16)14-12(15)18)7-5-3-4-6-8-13/h1H,3-9H2,(H,14,16,18). The van der Waals surface area contributed by atoms with Crippen LogP contribution in [0, 0.1) is 17.8 Å². The molecular weight excluding hydrogens is 232 g/mol. The molecule has 1 aliphatic carbocycles. The summed E-state index contributed by atoms with van der Waals surface area (Å²) >= 11 is 0. The topological polar surface area (TPSA) is 66.5 Å². The van der Waals surface area contributed by atoms with Gasteiger partial charge in [0.2, 0.25) is 11.8 Å². The highest BCUT2D eigenvalue weighted by Crippen LogP contribution is 2.38. The van der Waals surface area contributed by atoms with E-state index < -0.39 is 23.3 Å². The summed E-state index contributed by atoms with van der Waals surface area (Å²) in [4.78, 5) is 37.1. The summed E-state index contributed by atoms with van der Waals surface area (Å²) in [6, 6.07) is -0.696. The number of hydrogen-bond acceptors (Lipinski definition) is 3. The number of nitrogens with zero attached hydrogens (tertiary/aromatic N) is 1. The van der Waals surface area contributed by atoms with Crippen LogP contribution >= 0.6 is 0 Å². The third-order valence-electron chi connectivity index (χ3n) is 3.76. The second-order valence-corrected chi connectivity index (χ2v) is 4.85. The lowest BCUT2D eigenvalue weighted by Crippen LogP contribution is -2.63. The number of amides is 4. The zero-order chi connectivity index (χ0) is 13.2. The molecule has 0 aromatic rings. The fourth-order valence-corrected chi connectivity index (χ4v) is 2.74. The molecule has 96 valence electrons. The maximum atomic E-state index is 12.4. The number of nitrogens with one attached hydrogen (secondary N) is 1. The second kappa shape index (κ2) is 4.81. The predicted molar refractivity (Wildman–Crippen MR) is 64.2 cm³/mol. The van der Waals surface area contributed by atoms with Gasteiger partial charge in [-0.1, -0.05) is 31.6 Å². The molecule has 1 saturated heterocycles. The molecule has 1 spiro atoms. The van der Waals surface area contributed by atoms with Gasteiger partial charge in [-0.2, -0.15) is 0 Å². The first-order valence-electron chi connectivity index (χ1n) is 6.23. The van der Waals surface area contributed by atoms with Gasteiger partial charge in [0, 0.05) is 0 Å². The largest absolute Gasteiger partial charge is 0.331 e. The van der Waals surface area contributed by atoms with Crippen LogP contribution in [0.15, 0.2) is 0 Å². The van der Waals surface area contributed by atoms with Gasteiger partial charge in [-0.15, -0.1) is 6.42 Å². The highest BCUT2D eigenvalue weighted by Gasteiger charge is 2.53. The van der Waals surface area contributed by atoms with Gasteiger partial charge in [-0.3, -0.25) is 19.8 Å². The normalized spacial score (nSPS) is 23.5. The molecule has 0 radical (unpaired) electrons. The Hall–Kier alpha value is -1.83. The van der Waals surface area contributed by atoms with Crippen LogP contribution in [0.25, 0.3) is 0 Å². The van der Waals surface area contributed by atoms with E-state index in [1.807, 2.05) is 0 Å². The molecule has 4 amide bonds. The summed E-state index contributed by atoms with van der Waals surface area (Å²) < 4.78 is 0. The summed E-state index contributed by atoms with van der Waals surface area (Å²) in [7, 11) is 0. The molecule has 0 unspecified atom stereocenters. The Kier molecular flexibility index (Phi) is 3.37. The Bertz CT molecular complexity index is 428. The highest BCUT2D eigenvalue weighted by molar-refractivity contribution is 6.19. The van der Waals surface area contributed by atoms with Crippen molar-refractivity contribution in [1.29, 1.82) is 0 Å². The third-order valence-corrected chi connectivity index (χ3v) is 3.76. The van der Waals surface area contributed by atoms with E-state index in [9.17, 15) is 14.4 Å². The first-order valence-corrected chi connectivity index (χ1v) is 6.23. The highest BCUT2D eigenvalue weighted by atomic mass is 16.2. The number of urea groups is 1. The molecule has 2 rings (SSSR count). The van der Waals surface area contributed by atoms with Crippen molar-refractivity contribution < 1.29 is 14.4 Å². The monoisotopic (exact) mass is 248 g/mol. The third kappa shape index (κ3) is 1.88. The van der Waals surface area contributed by atoms with E-state index in [2.05, 4.69) is 11.2 Å². The van der Waals surface area contributed by atoms with Gasteiger partial charge in [0.25, 0.3) is 0 Å². The van der Waals surface area contributed by atoms with Crippen molar-refractivity contribution in [2.75, 3.05) is 6.54 Å². The smallest absolute Gasteiger partial charge is 0.277 e. The minimum atomic E-state index is -1.07. The van der Waals surface area contributed by atoms with Gasteiger partial charge in [-0.05, 0) is 12.8 Å². The van der Waals surface area contributed by atoms with Gasteiger partial charge in [0.1, 0.15) is 5.41 Å². The molecule has 5 nitrogen and oxygen atoms in total. The molecule has 0 aromatic carbocycles. The molecule has 1 heterocycles. The molecule has 0 aromatic heterocycles. The zero-order valence-corrected chi connectivity index (χ0v) is 10.2. The Morgan fingerprint density at radius 3 is 2.33 bits per heavy atom. The Morgan fingerprint density at radius 1 is 1.17 bits per heavy atom. The number of hydrogen-bond donors (Lipinski definition) is 1. The summed E-state index contributed by atoms with van der Waals surface area (Å²) in [6.45, 7) is -0.0836. The molecule has 18 heavy (non-hydrogen) atoms. The summed E-state index contributed by atoms with van der Waals surface area (Å²) in [5, 5.41) is 2.26. The molecular formula is C13H16N2O3. The SMILES string of the molecule is C#CCN1C(=O)NC(=O)C2(CCCCCC2)C1=O. The van der Waals surface area contributed by atoms with Gasteiger partial charge >= 0.3 is 6.03 Å². The predicted octanol–water partition coefficient (Wildman–Crippen LogP) is 1.04. The minimum absolute atomic E-state index is 0.0836. The summed E-state index contributed by atoms with van der Waals surface area (Å²) in [5.41, 5.74) is -1.07. The van der Waals surface area contributed by atoms with E-state index in [-0.39, 0.29) is 6.54 Å². The van der Waals surface area contributed by atoms with Crippen LogP contribution < -0.4 is 5.32 Å². The van der Waals surface area contributed by atoms with E-state index in [4.69, 9.17) is 6.42 Å².